The largest absolute Gasteiger partial charge is 0.387 e. The second-order valence-electron chi connectivity index (χ2n) is 3.54. The molecule has 3 N–H and O–H groups in total. The number of rotatable bonds is 3. The van der Waals surface area contributed by atoms with E-state index in [1.165, 1.54) is 12.1 Å². The van der Waals surface area contributed by atoms with Gasteiger partial charge >= 0.3 is 0 Å². The van der Waals surface area contributed by atoms with Crippen LogP contribution in [0, 0.1) is 6.92 Å². The van der Waals surface area contributed by atoms with Crippen molar-refractivity contribution >= 4 is 9.84 Å². The van der Waals surface area contributed by atoms with Gasteiger partial charge in [-0.1, -0.05) is 6.07 Å². The van der Waals surface area contributed by atoms with Gasteiger partial charge in [-0.15, -0.1) is 0 Å². The molecule has 4 nitrogen and oxygen atoms in total. The van der Waals surface area contributed by atoms with E-state index in [1.807, 2.05) is 0 Å². The molecule has 0 fully saturated rings. The van der Waals surface area contributed by atoms with Crippen LogP contribution >= 0.6 is 0 Å². The van der Waals surface area contributed by atoms with Crippen LogP contribution in [0.3, 0.4) is 0 Å². The molecular weight excluding hydrogens is 214 g/mol. The number of aryl methyl sites for hydroxylation is 1. The lowest BCUT2D eigenvalue weighted by atomic mass is 10.0. The van der Waals surface area contributed by atoms with Crippen molar-refractivity contribution in [2.24, 2.45) is 5.73 Å². The standard InChI is InChI=1S/C10H15NO3S/c1-7-3-4-8(15(2,13)14)5-9(7)10(12)6-11/h3-5,10,12H,6,11H2,1-2H3. The Hall–Kier alpha value is -0.910. The van der Waals surface area contributed by atoms with E-state index < -0.39 is 15.9 Å². The van der Waals surface area contributed by atoms with Gasteiger partial charge in [0, 0.05) is 12.8 Å². The minimum atomic E-state index is -3.24. The Labute approximate surface area is 89.7 Å². The van der Waals surface area contributed by atoms with Crippen LogP contribution in [-0.2, 0) is 9.84 Å². The SMILES string of the molecule is Cc1ccc(S(C)(=O)=O)cc1C(O)CN. The summed E-state index contributed by atoms with van der Waals surface area (Å²) in [5, 5.41) is 9.58. The van der Waals surface area contributed by atoms with Gasteiger partial charge < -0.3 is 10.8 Å². The maximum Gasteiger partial charge on any atom is 0.175 e. The molecule has 0 heterocycles. The van der Waals surface area contributed by atoms with Gasteiger partial charge in [0.2, 0.25) is 0 Å². The van der Waals surface area contributed by atoms with E-state index in [-0.39, 0.29) is 11.4 Å². The van der Waals surface area contributed by atoms with Gasteiger partial charge in [-0.2, -0.15) is 0 Å². The van der Waals surface area contributed by atoms with Crippen molar-refractivity contribution in [3.05, 3.63) is 29.3 Å². The van der Waals surface area contributed by atoms with E-state index in [1.54, 1.807) is 13.0 Å². The molecule has 1 aromatic carbocycles. The zero-order valence-electron chi connectivity index (χ0n) is 8.77. The molecule has 0 aliphatic rings. The maximum absolute atomic E-state index is 11.3. The number of benzene rings is 1. The van der Waals surface area contributed by atoms with Gasteiger partial charge in [-0.3, -0.25) is 0 Å². The van der Waals surface area contributed by atoms with E-state index in [9.17, 15) is 13.5 Å². The van der Waals surface area contributed by atoms with Gasteiger partial charge in [0.1, 0.15) is 0 Å². The van der Waals surface area contributed by atoms with Crippen LogP contribution < -0.4 is 5.73 Å². The molecule has 0 aliphatic heterocycles. The average molecular weight is 229 g/mol. The summed E-state index contributed by atoms with van der Waals surface area (Å²) < 4.78 is 22.6. The fourth-order valence-corrected chi connectivity index (χ4v) is 1.99. The fraction of sp³-hybridized carbons (Fsp3) is 0.400. The summed E-state index contributed by atoms with van der Waals surface area (Å²) in [5.41, 5.74) is 6.74. The Morgan fingerprint density at radius 1 is 1.47 bits per heavy atom. The predicted octanol–water partition coefficient (Wildman–Crippen LogP) is 0.391. The second kappa shape index (κ2) is 4.30. The van der Waals surface area contributed by atoms with Crippen molar-refractivity contribution in [2.75, 3.05) is 12.8 Å². The van der Waals surface area contributed by atoms with Crippen LogP contribution in [0.1, 0.15) is 17.2 Å². The van der Waals surface area contributed by atoms with Gasteiger partial charge in [0.25, 0.3) is 0 Å². The first-order valence-electron chi connectivity index (χ1n) is 4.55. The van der Waals surface area contributed by atoms with Crippen LogP contribution in [0.15, 0.2) is 23.1 Å². The molecule has 1 aromatic rings. The summed E-state index contributed by atoms with van der Waals surface area (Å²) in [7, 11) is -3.24. The summed E-state index contributed by atoms with van der Waals surface area (Å²) in [5.74, 6) is 0. The molecule has 84 valence electrons. The Balaban J connectivity index is 3.29. The van der Waals surface area contributed by atoms with Gasteiger partial charge in [0.05, 0.1) is 11.0 Å². The first-order valence-corrected chi connectivity index (χ1v) is 6.44. The first-order chi connectivity index (χ1) is 6.86. The fourth-order valence-electron chi connectivity index (χ4n) is 1.34. The molecule has 0 bridgehead atoms. The topological polar surface area (TPSA) is 80.4 Å². The molecule has 15 heavy (non-hydrogen) atoms. The zero-order valence-corrected chi connectivity index (χ0v) is 9.58. The number of sulfone groups is 1. The van der Waals surface area contributed by atoms with Crippen LogP contribution in [0.4, 0.5) is 0 Å². The minimum Gasteiger partial charge on any atom is -0.387 e. The highest BCUT2D eigenvalue weighted by Gasteiger charge is 2.13. The molecule has 1 atom stereocenters. The summed E-state index contributed by atoms with van der Waals surface area (Å²) in [6.07, 6.45) is 0.322. The molecule has 0 radical (unpaired) electrons. The summed E-state index contributed by atoms with van der Waals surface area (Å²) in [6.45, 7) is 1.88. The van der Waals surface area contributed by atoms with Crippen molar-refractivity contribution < 1.29 is 13.5 Å². The minimum absolute atomic E-state index is 0.0774. The lowest BCUT2D eigenvalue weighted by Gasteiger charge is -2.12. The number of hydrogen-bond acceptors (Lipinski definition) is 4. The van der Waals surface area contributed by atoms with E-state index >= 15 is 0 Å². The number of nitrogens with two attached hydrogens (primary N) is 1. The quantitative estimate of drug-likeness (QED) is 0.785. The van der Waals surface area contributed by atoms with E-state index in [0.29, 0.717) is 5.56 Å². The number of hydrogen-bond donors (Lipinski definition) is 2. The highest BCUT2D eigenvalue weighted by atomic mass is 32.2. The Kier molecular flexibility index (Phi) is 3.49. The maximum atomic E-state index is 11.3. The van der Waals surface area contributed by atoms with Crippen molar-refractivity contribution in [3.8, 4) is 0 Å². The molecule has 0 aliphatic carbocycles. The molecule has 0 saturated carbocycles. The lowest BCUT2D eigenvalue weighted by molar-refractivity contribution is 0.186. The Bertz CT molecular complexity index is 454. The third-order valence-corrected chi connectivity index (χ3v) is 3.37. The molecular formula is C10H15NO3S. The van der Waals surface area contributed by atoms with Crippen LogP contribution in [0.2, 0.25) is 0 Å². The van der Waals surface area contributed by atoms with Crippen LogP contribution in [0.5, 0.6) is 0 Å². The molecule has 0 aromatic heterocycles. The Morgan fingerprint density at radius 3 is 2.53 bits per heavy atom. The van der Waals surface area contributed by atoms with Crippen LogP contribution in [0.25, 0.3) is 0 Å². The lowest BCUT2D eigenvalue weighted by Crippen LogP contribution is -2.13. The van der Waals surface area contributed by atoms with E-state index in [2.05, 4.69) is 0 Å². The van der Waals surface area contributed by atoms with Gasteiger partial charge in [-0.05, 0) is 30.2 Å². The van der Waals surface area contributed by atoms with E-state index in [4.69, 9.17) is 5.73 Å². The number of aliphatic hydroxyl groups is 1. The third kappa shape index (κ3) is 2.77. The van der Waals surface area contributed by atoms with Crippen molar-refractivity contribution in [3.63, 3.8) is 0 Å². The predicted molar refractivity (Wildman–Crippen MR) is 58.3 cm³/mol. The average Bonchev–Trinajstić information content (AvgIpc) is 2.15. The van der Waals surface area contributed by atoms with Gasteiger partial charge in [0.15, 0.2) is 9.84 Å². The summed E-state index contributed by atoms with van der Waals surface area (Å²) in [6, 6.07) is 4.67. The normalized spacial score (nSPS) is 13.9. The van der Waals surface area contributed by atoms with Crippen molar-refractivity contribution in [1.82, 2.24) is 0 Å². The molecule has 0 spiro atoms. The zero-order chi connectivity index (χ0) is 11.6. The molecule has 5 heteroatoms. The highest BCUT2D eigenvalue weighted by Crippen LogP contribution is 2.21. The number of aliphatic hydroxyl groups excluding tert-OH is 1. The first kappa shape index (κ1) is 12.2. The second-order valence-corrected chi connectivity index (χ2v) is 5.56. The monoisotopic (exact) mass is 229 g/mol. The summed E-state index contributed by atoms with van der Waals surface area (Å²) >= 11 is 0. The molecule has 1 rings (SSSR count). The van der Waals surface area contributed by atoms with Crippen molar-refractivity contribution in [1.29, 1.82) is 0 Å². The van der Waals surface area contributed by atoms with Crippen molar-refractivity contribution in [2.45, 2.75) is 17.9 Å². The van der Waals surface area contributed by atoms with Gasteiger partial charge in [-0.25, -0.2) is 8.42 Å². The third-order valence-electron chi connectivity index (χ3n) is 2.26. The molecule has 0 amide bonds. The summed E-state index contributed by atoms with van der Waals surface area (Å²) in [4.78, 5) is 0.204. The van der Waals surface area contributed by atoms with E-state index in [0.717, 1.165) is 11.8 Å². The highest BCUT2D eigenvalue weighted by molar-refractivity contribution is 7.90. The smallest absolute Gasteiger partial charge is 0.175 e. The van der Waals surface area contributed by atoms with Crippen LogP contribution in [-0.4, -0.2) is 26.3 Å². The molecule has 0 saturated heterocycles. The Morgan fingerprint density at radius 2 is 2.07 bits per heavy atom. The molecule has 1 unspecified atom stereocenters.